The molecule has 0 aromatic heterocycles. The van der Waals surface area contributed by atoms with E-state index in [2.05, 4.69) is 0 Å². The van der Waals surface area contributed by atoms with Crippen LogP contribution in [0, 0.1) is 0 Å². The zero-order chi connectivity index (χ0) is 11.3. The normalized spacial score (nSPS) is 9.53. The third kappa shape index (κ3) is 3.46. The summed E-state index contributed by atoms with van der Waals surface area (Å²) in [4.78, 5) is 10.3. The van der Waals surface area contributed by atoms with Crippen molar-refractivity contribution in [2.45, 2.75) is 0 Å². The van der Waals surface area contributed by atoms with Crippen molar-refractivity contribution < 1.29 is 22.7 Å². The smallest absolute Gasteiger partial charge is 0.305 e. The fourth-order valence-electron chi connectivity index (χ4n) is 0.844. The molecule has 1 aromatic carbocycles. The second-order valence-electron chi connectivity index (χ2n) is 2.64. The topological polar surface area (TPSA) is 26.3 Å². The first-order valence-electron chi connectivity index (χ1n) is 4.01. The molecule has 0 radical (unpaired) electrons. The standard InChI is InChI=1S/C10H7F3O2/c11-9(10(12)13)6-15-8-3-1-7(5-14)2-4-8/h1-5H,6H2. The number of halogens is 3. The molecule has 0 spiro atoms. The molecule has 0 N–H and O–H groups in total. The molecule has 2 nitrogen and oxygen atoms in total. The lowest BCUT2D eigenvalue weighted by molar-refractivity contribution is 0.112. The highest BCUT2D eigenvalue weighted by Crippen LogP contribution is 2.14. The van der Waals surface area contributed by atoms with Gasteiger partial charge in [0.25, 0.3) is 0 Å². The van der Waals surface area contributed by atoms with Gasteiger partial charge >= 0.3 is 6.08 Å². The van der Waals surface area contributed by atoms with Crippen molar-refractivity contribution in [2.75, 3.05) is 6.61 Å². The molecule has 0 bridgehead atoms. The zero-order valence-electron chi connectivity index (χ0n) is 7.54. The number of benzene rings is 1. The van der Waals surface area contributed by atoms with E-state index in [9.17, 15) is 18.0 Å². The average molecular weight is 216 g/mol. The average Bonchev–Trinajstić information content (AvgIpc) is 2.26. The predicted octanol–water partition coefficient (Wildman–Crippen LogP) is 2.96. The molecule has 15 heavy (non-hydrogen) atoms. The monoisotopic (exact) mass is 216 g/mol. The molecule has 0 heterocycles. The Hall–Kier alpha value is -1.78. The molecule has 1 aromatic rings. The summed E-state index contributed by atoms with van der Waals surface area (Å²) in [6.07, 6.45) is -1.76. The summed E-state index contributed by atoms with van der Waals surface area (Å²) in [5, 5.41) is 0. The van der Waals surface area contributed by atoms with Crippen LogP contribution >= 0.6 is 0 Å². The second kappa shape index (κ2) is 5.19. The molecule has 0 fully saturated rings. The molecule has 0 unspecified atom stereocenters. The molecule has 0 aliphatic carbocycles. The third-order valence-corrected chi connectivity index (χ3v) is 1.59. The molecular weight excluding hydrogens is 209 g/mol. The van der Waals surface area contributed by atoms with Crippen molar-refractivity contribution in [3.8, 4) is 5.75 Å². The lowest BCUT2D eigenvalue weighted by Crippen LogP contribution is -1.98. The number of carbonyl (C=O) groups excluding carboxylic acids is 1. The van der Waals surface area contributed by atoms with Gasteiger partial charge < -0.3 is 4.74 Å². The van der Waals surface area contributed by atoms with Gasteiger partial charge in [-0.1, -0.05) is 0 Å². The molecule has 0 saturated heterocycles. The fraction of sp³-hybridized carbons (Fsp3) is 0.100. The van der Waals surface area contributed by atoms with E-state index in [4.69, 9.17) is 4.74 Å². The highest BCUT2D eigenvalue weighted by Gasteiger charge is 2.05. The predicted molar refractivity (Wildman–Crippen MR) is 47.7 cm³/mol. The van der Waals surface area contributed by atoms with E-state index in [0.29, 0.717) is 11.8 Å². The van der Waals surface area contributed by atoms with Gasteiger partial charge in [0, 0.05) is 5.56 Å². The van der Waals surface area contributed by atoms with Gasteiger partial charge in [0.15, 0.2) is 0 Å². The summed E-state index contributed by atoms with van der Waals surface area (Å²) in [7, 11) is 0. The Morgan fingerprint density at radius 1 is 1.20 bits per heavy atom. The van der Waals surface area contributed by atoms with Crippen molar-refractivity contribution in [1.82, 2.24) is 0 Å². The number of rotatable bonds is 4. The summed E-state index contributed by atoms with van der Waals surface area (Å²) in [5.41, 5.74) is 0.426. The first kappa shape index (κ1) is 11.3. The molecule has 0 atom stereocenters. The maximum Gasteiger partial charge on any atom is 0.305 e. The highest BCUT2D eigenvalue weighted by atomic mass is 19.3. The summed E-state index contributed by atoms with van der Waals surface area (Å²) in [5.74, 6) is -1.38. The van der Waals surface area contributed by atoms with Crippen LogP contribution in [0.3, 0.4) is 0 Å². The van der Waals surface area contributed by atoms with Crippen molar-refractivity contribution in [3.05, 3.63) is 41.7 Å². The lowest BCUT2D eigenvalue weighted by atomic mass is 10.2. The van der Waals surface area contributed by atoms with E-state index in [1.54, 1.807) is 0 Å². The van der Waals surface area contributed by atoms with Crippen LogP contribution in [0.4, 0.5) is 13.2 Å². The molecule has 80 valence electrons. The van der Waals surface area contributed by atoms with Crippen LogP contribution in [0.1, 0.15) is 10.4 Å². The van der Waals surface area contributed by atoms with Crippen LogP contribution in [0.2, 0.25) is 0 Å². The van der Waals surface area contributed by atoms with E-state index < -0.39 is 18.5 Å². The van der Waals surface area contributed by atoms with Crippen molar-refractivity contribution in [2.24, 2.45) is 0 Å². The van der Waals surface area contributed by atoms with Crippen molar-refractivity contribution in [1.29, 1.82) is 0 Å². The van der Waals surface area contributed by atoms with Gasteiger partial charge in [0.1, 0.15) is 18.6 Å². The van der Waals surface area contributed by atoms with Crippen LogP contribution in [-0.2, 0) is 0 Å². The van der Waals surface area contributed by atoms with Gasteiger partial charge in [-0.3, -0.25) is 4.79 Å². The molecular formula is C10H7F3O2. The van der Waals surface area contributed by atoms with E-state index in [0.717, 1.165) is 0 Å². The molecule has 0 saturated carbocycles. The molecule has 0 amide bonds. The van der Waals surface area contributed by atoms with E-state index in [-0.39, 0.29) is 5.75 Å². The largest absolute Gasteiger partial charge is 0.486 e. The van der Waals surface area contributed by atoms with Gasteiger partial charge in [-0.2, -0.15) is 8.78 Å². The van der Waals surface area contributed by atoms with E-state index >= 15 is 0 Å². The van der Waals surface area contributed by atoms with Crippen LogP contribution in [-0.4, -0.2) is 12.9 Å². The summed E-state index contributed by atoms with van der Waals surface area (Å²) in [6.45, 7) is -0.817. The Kier molecular flexibility index (Phi) is 3.91. The first-order valence-corrected chi connectivity index (χ1v) is 4.01. The van der Waals surface area contributed by atoms with E-state index in [1.807, 2.05) is 0 Å². The Balaban J connectivity index is 2.59. The number of ether oxygens (including phenoxy) is 1. The Labute approximate surface area is 84.0 Å². The summed E-state index contributed by atoms with van der Waals surface area (Å²) >= 11 is 0. The molecule has 1 rings (SSSR count). The summed E-state index contributed by atoms with van der Waals surface area (Å²) < 4.78 is 40.3. The number of carbonyl (C=O) groups is 1. The Morgan fingerprint density at radius 3 is 2.27 bits per heavy atom. The lowest BCUT2D eigenvalue weighted by Gasteiger charge is -2.03. The van der Waals surface area contributed by atoms with Crippen molar-refractivity contribution >= 4 is 6.29 Å². The number of aldehydes is 1. The Morgan fingerprint density at radius 2 is 1.80 bits per heavy atom. The fourth-order valence-corrected chi connectivity index (χ4v) is 0.844. The number of hydrogen-bond acceptors (Lipinski definition) is 2. The van der Waals surface area contributed by atoms with Crippen LogP contribution in [0.5, 0.6) is 5.75 Å². The minimum absolute atomic E-state index is 0.219. The Bertz CT molecular complexity index is 367. The molecule has 0 aliphatic rings. The van der Waals surface area contributed by atoms with Crippen LogP contribution in [0.15, 0.2) is 36.2 Å². The second-order valence-corrected chi connectivity index (χ2v) is 2.64. The minimum atomic E-state index is -2.39. The van der Waals surface area contributed by atoms with Gasteiger partial charge in [0.2, 0.25) is 5.83 Å². The summed E-state index contributed by atoms with van der Waals surface area (Å²) in [6, 6.07) is 5.67. The first-order chi connectivity index (χ1) is 7.13. The van der Waals surface area contributed by atoms with Crippen LogP contribution < -0.4 is 4.74 Å². The zero-order valence-corrected chi connectivity index (χ0v) is 7.54. The minimum Gasteiger partial charge on any atom is -0.486 e. The third-order valence-electron chi connectivity index (χ3n) is 1.59. The highest BCUT2D eigenvalue weighted by molar-refractivity contribution is 5.74. The maximum atomic E-state index is 12.3. The van der Waals surface area contributed by atoms with Crippen LogP contribution in [0.25, 0.3) is 0 Å². The maximum absolute atomic E-state index is 12.3. The van der Waals surface area contributed by atoms with Gasteiger partial charge in [-0.15, -0.1) is 0 Å². The number of hydrogen-bond donors (Lipinski definition) is 0. The SMILES string of the molecule is O=Cc1ccc(OCC(F)=C(F)F)cc1. The van der Waals surface area contributed by atoms with Gasteiger partial charge in [-0.25, -0.2) is 4.39 Å². The quantitative estimate of drug-likeness (QED) is 0.723. The molecule has 0 aliphatic heterocycles. The van der Waals surface area contributed by atoms with Gasteiger partial charge in [0.05, 0.1) is 0 Å². The van der Waals surface area contributed by atoms with E-state index in [1.165, 1.54) is 24.3 Å². The molecule has 5 heteroatoms. The van der Waals surface area contributed by atoms with Crippen molar-refractivity contribution in [3.63, 3.8) is 0 Å². The van der Waals surface area contributed by atoms with Gasteiger partial charge in [-0.05, 0) is 24.3 Å².